The zero-order chi connectivity index (χ0) is 16.2. The van der Waals surface area contributed by atoms with E-state index >= 15 is 0 Å². The van der Waals surface area contributed by atoms with Crippen LogP contribution in [0.1, 0.15) is 16.1 Å². The van der Waals surface area contributed by atoms with E-state index in [1.807, 2.05) is 36.4 Å². The van der Waals surface area contributed by atoms with Crippen molar-refractivity contribution in [2.45, 2.75) is 12.5 Å². The molecule has 0 aliphatic carbocycles. The van der Waals surface area contributed by atoms with Gasteiger partial charge in [0.15, 0.2) is 5.69 Å². The molecule has 0 aliphatic heterocycles. The predicted molar refractivity (Wildman–Crippen MR) is 85.1 cm³/mol. The Kier molecular flexibility index (Phi) is 4.05. The van der Waals surface area contributed by atoms with E-state index in [0.717, 1.165) is 11.1 Å². The lowest BCUT2D eigenvalue weighted by Gasteiger charge is -2.14. The molecule has 1 unspecified atom stereocenters. The number of fused-ring (bicyclic) bond motifs is 1. The summed E-state index contributed by atoms with van der Waals surface area (Å²) in [4.78, 5) is 23.8. The van der Waals surface area contributed by atoms with E-state index in [1.54, 1.807) is 18.2 Å². The first kappa shape index (κ1) is 14.8. The highest BCUT2D eigenvalue weighted by molar-refractivity contribution is 6.05. The molecule has 6 nitrogen and oxygen atoms in total. The molecule has 0 spiro atoms. The highest BCUT2D eigenvalue weighted by Gasteiger charge is 2.23. The Balaban J connectivity index is 1.80. The first-order chi connectivity index (χ1) is 11.1. The lowest BCUT2D eigenvalue weighted by molar-refractivity contribution is -0.139. The molecule has 0 aliphatic rings. The fraction of sp³-hybridized carbons (Fsp3) is 0.118. The zero-order valence-electron chi connectivity index (χ0n) is 12.2. The summed E-state index contributed by atoms with van der Waals surface area (Å²) in [7, 11) is 0. The maximum absolute atomic E-state index is 12.4. The summed E-state index contributed by atoms with van der Waals surface area (Å²) in [5.41, 5.74) is 1.76. The summed E-state index contributed by atoms with van der Waals surface area (Å²) < 4.78 is 0. The Morgan fingerprint density at radius 3 is 2.52 bits per heavy atom. The molecule has 23 heavy (non-hydrogen) atoms. The highest BCUT2D eigenvalue weighted by atomic mass is 16.4. The van der Waals surface area contributed by atoms with Crippen molar-refractivity contribution in [1.29, 1.82) is 0 Å². The van der Waals surface area contributed by atoms with Crippen molar-refractivity contribution in [3.8, 4) is 0 Å². The van der Waals surface area contributed by atoms with E-state index in [0.29, 0.717) is 5.39 Å². The number of rotatable bonds is 5. The van der Waals surface area contributed by atoms with E-state index in [2.05, 4.69) is 15.5 Å². The van der Waals surface area contributed by atoms with Crippen molar-refractivity contribution >= 4 is 22.8 Å². The molecule has 1 aromatic heterocycles. The Labute approximate surface area is 132 Å². The quantitative estimate of drug-likeness (QED) is 0.671. The monoisotopic (exact) mass is 309 g/mol. The van der Waals surface area contributed by atoms with Gasteiger partial charge in [0.1, 0.15) is 6.04 Å². The number of aromatic nitrogens is 2. The third-order valence-corrected chi connectivity index (χ3v) is 3.57. The van der Waals surface area contributed by atoms with Gasteiger partial charge in [-0.1, -0.05) is 48.5 Å². The minimum atomic E-state index is -1.08. The number of carbonyl (C=O) groups is 2. The zero-order valence-corrected chi connectivity index (χ0v) is 12.2. The third-order valence-electron chi connectivity index (χ3n) is 3.57. The smallest absolute Gasteiger partial charge is 0.326 e. The molecule has 3 aromatic rings. The number of hydrogen-bond acceptors (Lipinski definition) is 3. The van der Waals surface area contributed by atoms with Gasteiger partial charge >= 0.3 is 5.97 Å². The Bertz CT molecular complexity index is 842. The number of aromatic amines is 1. The lowest BCUT2D eigenvalue weighted by Crippen LogP contribution is -2.42. The van der Waals surface area contributed by atoms with Crippen LogP contribution >= 0.6 is 0 Å². The van der Waals surface area contributed by atoms with Crippen LogP contribution in [0.5, 0.6) is 0 Å². The summed E-state index contributed by atoms with van der Waals surface area (Å²) in [5, 5.41) is 19.3. The van der Waals surface area contributed by atoms with Gasteiger partial charge in [-0.05, 0) is 11.6 Å². The normalized spacial score (nSPS) is 12.0. The SMILES string of the molecule is O=C(NC(Cc1ccccc1)C(=O)O)c1n[nH]c2ccccc12. The van der Waals surface area contributed by atoms with Gasteiger partial charge in [0.05, 0.1) is 5.52 Å². The minimum Gasteiger partial charge on any atom is -0.480 e. The average molecular weight is 309 g/mol. The topological polar surface area (TPSA) is 95.1 Å². The van der Waals surface area contributed by atoms with E-state index in [4.69, 9.17) is 0 Å². The number of carboxylic acids is 1. The van der Waals surface area contributed by atoms with E-state index < -0.39 is 17.9 Å². The van der Waals surface area contributed by atoms with Gasteiger partial charge in [0, 0.05) is 11.8 Å². The summed E-state index contributed by atoms with van der Waals surface area (Å²) in [5.74, 6) is -1.59. The molecule has 1 heterocycles. The molecule has 6 heteroatoms. The van der Waals surface area contributed by atoms with Crippen LogP contribution in [0.4, 0.5) is 0 Å². The molecule has 1 amide bonds. The number of benzene rings is 2. The molecule has 0 bridgehead atoms. The van der Waals surface area contributed by atoms with Crippen molar-refractivity contribution in [3.63, 3.8) is 0 Å². The standard InChI is InChI=1S/C17H15N3O3/c21-16(15-12-8-4-5-9-13(12)19-20-15)18-14(17(22)23)10-11-6-2-1-3-7-11/h1-9,14H,10H2,(H,18,21)(H,19,20)(H,22,23). The van der Waals surface area contributed by atoms with Crippen molar-refractivity contribution < 1.29 is 14.7 Å². The van der Waals surface area contributed by atoms with Crippen molar-refractivity contribution in [2.24, 2.45) is 0 Å². The van der Waals surface area contributed by atoms with Crippen molar-refractivity contribution in [2.75, 3.05) is 0 Å². The van der Waals surface area contributed by atoms with Crippen LogP contribution < -0.4 is 5.32 Å². The van der Waals surface area contributed by atoms with Crippen LogP contribution in [-0.4, -0.2) is 33.2 Å². The first-order valence-corrected chi connectivity index (χ1v) is 7.16. The minimum absolute atomic E-state index is 0.194. The van der Waals surface area contributed by atoms with Crippen LogP contribution in [0.15, 0.2) is 54.6 Å². The van der Waals surface area contributed by atoms with Crippen LogP contribution in [0.25, 0.3) is 10.9 Å². The number of nitrogens with zero attached hydrogens (tertiary/aromatic N) is 1. The Morgan fingerprint density at radius 2 is 1.78 bits per heavy atom. The van der Waals surface area contributed by atoms with Gasteiger partial charge in [0.25, 0.3) is 5.91 Å². The predicted octanol–water partition coefficient (Wildman–Crippen LogP) is 1.99. The second-order valence-corrected chi connectivity index (χ2v) is 5.17. The number of nitrogens with one attached hydrogen (secondary N) is 2. The number of aliphatic carboxylic acids is 1. The van der Waals surface area contributed by atoms with Gasteiger partial charge < -0.3 is 10.4 Å². The van der Waals surface area contributed by atoms with E-state index in [9.17, 15) is 14.7 Å². The van der Waals surface area contributed by atoms with Crippen LogP contribution in [-0.2, 0) is 11.2 Å². The van der Waals surface area contributed by atoms with Gasteiger partial charge in [0.2, 0.25) is 0 Å². The van der Waals surface area contributed by atoms with Crippen LogP contribution in [0.2, 0.25) is 0 Å². The molecule has 0 radical (unpaired) electrons. The second-order valence-electron chi connectivity index (χ2n) is 5.17. The molecular formula is C17H15N3O3. The lowest BCUT2D eigenvalue weighted by atomic mass is 10.1. The molecule has 2 aromatic carbocycles. The van der Waals surface area contributed by atoms with Crippen LogP contribution in [0, 0.1) is 0 Å². The summed E-state index contributed by atoms with van der Waals surface area (Å²) in [6, 6.07) is 15.4. The fourth-order valence-corrected chi connectivity index (χ4v) is 2.41. The molecule has 3 N–H and O–H groups in total. The largest absolute Gasteiger partial charge is 0.480 e. The Hall–Kier alpha value is -3.15. The van der Waals surface area contributed by atoms with Gasteiger partial charge in [-0.2, -0.15) is 5.10 Å². The number of hydrogen-bond donors (Lipinski definition) is 3. The van der Waals surface area contributed by atoms with Gasteiger partial charge in [-0.25, -0.2) is 4.79 Å². The number of H-pyrrole nitrogens is 1. The second kappa shape index (κ2) is 6.31. The maximum Gasteiger partial charge on any atom is 0.326 e. The van der Waals surface area contributed by atoms with Gasteiger partial charge in [-0.15, -0.1) is 0 Å². The summed E-state index contributed by atoms with van der Waals surface area (Å²) >= 11 is 0. The van der Waals surface area contributed by atoms with E-state index in [1.165, 1.54) is 0 Å². The maximum atomic E-state index is 12.4. The first-order valence-electron chi connectivity index (χ1n) is 7.16. The summed E-state index contributed by atoms with van der Waals surface area (Å²) in [6.07, 6.45) is 0.213. The molecule has 116 valence electrons. The van der Waals surface area contributed by atoms with Gasteiger partial charge in [-0.3, -0.25) is 9.89 Å². The molecule has 0 saturated heterocycles. The molecule has 1 atom stereocenters. The Morgan fingerprint density at radius 1 is 1.09 bits per heavy atom. The van der Waals surface area contributed by atoms with Crippen molar-refractivity contribution in [1.82, 2.24) is 15.5 Å². The third kappa shape index (κ3) is 3.21. The molecular weight excluding hydrogens is 294 g/mol. The number of para-hydroxylation sites is 1. The molecule has 0 fully saturated rings. The van der Waals surface area contributed by atoms with E-state index in [-0.39, 0.29) is 12.1 Å². The number of amides is 1. The average Bonchev–Trinajstić information content (AvgIpc) is 2.99. The highest BCUT2D eigenvalue weighted by Crippen LogP contribution is 2.15. The fourth-order valence-electron chi connectivity index (χ4n) is 2.41. The number of carboxylic acid groups (broad SMARTS) is 1. The van der Waals surface area contributed by atoms with Crippen molar-refractivity contribution in [3.05, 3.63) is 65.9 Å². The van der Waals surface area contributed by atoms with Crippen LogP contribution in [0.3, 0.4) is 0 Å². The number of carbonyl (C=O) groups excluding carboxylic acids is 1. The molecule has 3 rings (SSSR count). The molecule has 0 saturated carbocycles. The summed E-state index contributed by atoms with van der Waals surface area (Å²) in [6.45, 7) is 0.